The fraction of sp³-hybridized carbons (Fsp3) is 0.538. The second-order valence-electron chi connectivity index (χ2n) is 4.21. The summed E-state index contributed by atoms with van der Waals surface area (Å²) in [6.45, 7) is 5.85. The van der Waals surface area contributed by atoms with Gasteiger partial charge in [-0.05, 0) is 12.5 Å². The lowest BCUT2D eigenvalue weighted by Crippen LogP contribution is -2.45. The summed E-state index contributed by atoms with van der Waals surface area (Å²) in [5.74, 6) is 0. The summed E-state index contributed by atoms with van der Waals surface area (Å²) in [4.78, 5) is 6.60. The first-order valence-electron chi connectivity index (χ1n) is 6.15. The molecule has 1 saturated heterocycles. The zero-order valence-corrected chi connectivity index (χ0v) is 10.2. The van der Waals surface area contributed by atoms with E-state index in [9.17, 15) is 5.26 Å². The third kappa shape index (κ3) is 2.63. The Morgan fingerprint density at radius 1 is 1.53 bits per heavy atom. The van der Waals surface area contributed by atoms with Crippen LogP contribution in [-0.2, 0) is 6.42 Å². The van der Waals surface area contributed by atoms with E-state index in [1.54, 1.807) is 6.20 Å². The largest absolute Gasteiger partial charge is 0.314 e. The van der Waals surface area contributed by atoms with Crippen molar-refractivity contribution in [3.63, 3.8) is 0 Å². The van der Waals surface area contributed by atoms with Gasteiger partial charge >= 0.3 is 0 Å². The predicted octanol–water partition coefficient (Wildman–Crippen LogP) is 1.11. The highest BCUT2D eigenvalue weighted by atomic mass is 15.2. The number of nitriles is 1. The second kappa shape index (κ2) is 5.76. The molecule has 0 aliphatic carbocycles. The van der Waals surface area contributed by atoms with Crippen LogP contribution in [0.15, 0.2) is 18.3 Å². The minimum Gasteiger partial charge on any atom is -0.314 e. The Labute approximate surface area is 102 Å². The minimum atomic E-state index is -0.152. The Morgan fingerprint density at radius 3 is 2.94 bits per heavy atom. The molecule has 1 aliphatic heterocycles. The summed E-state index contributed by atoms with van der Waals surface area (Å²) in [5, 5.41) is 12.7. The van der Waals surface area contributed by atoms with Gasteiger partial charge in [-0.15, -0.1) is 0 Å². The SMILES string of the molecule is CCc1ncccc1C(C#N)N1CCNCC1. The monoisotopic (exact) mass is 230 g/mol. The van der Waals surface area contributed by atoms with Gasteiger partial charge in [0.1, 0.15) is 6.04 Å². The van der Waals surface area contributed by atoms with Crippen molar-refractivity contribution in [2.24, 2.45) is 0 Å². The molecule has 0 spiro atoms. The number of piperazine rings is 1. The van der Waals surface area contributed by atoms with Crippen LogP contribution in [0.2, 0.25) is 0 Å². The highest BCUT2D eigenvalue weighted by Gasteiger charge is 2.23. The van der Waals surface area contributed by atoms with Crippen LogP contribution in [0.25, 0.3) is 0 Å². The molecule has 1 aromatic heterocycles. The van der Waals surface area contributed by atoms with E-state index in [-0.39, 0.29) is 6.04 Å². The molecule has 4 nitrogen and oxygen atoms in total. The van der Waals surface area contributed by atoms with Crippen LogP contribution in [0.5, 0.6) is 0 Å². The first-order chi connectivity index (χ1) is 8.36. The van der Waals surface area contributed by atoms with E-state index >= 15 is 0 Å². The van der Waals surface area contributed by atoms with E-state index in [1.165, 1.54) is 0 Å². The van der Waals surface area contributed by atoms with Crippen molar-refractivity contribution >= 4 is 0 Å². The maximum Gasteiger partial charge on any atom is 0.125 e. The van der Waals surface area contributed by atoms with E-state index in [0.717, 1.165) is 43.9 Å². The molecule has 4 heteroatoms. The highest BCUT2D eigenvalue weighted by molar-refractivity contribution is 5.28. The first-order valence-corrected chi connectivity index (χ1v) is 6.15. The van der Waals surface area contributed by atoms with Crippen LogP contribution in [0.4, 0.5) is 0 Å². The first kappa shape index (κ1) is 12.0. The zero-order valence-electron chi connectivity index (χ0n) is 10.2. The molecule has 2 rings (SSSR count). The smallest absolute Gasteiger partial charge is 0.125 e. The third-order valence-corrected chi connectivity index (χ3v) is 3.19. The lowest BCUT2D eigenvalue weighted by atomic mass is 10.0. The van der Waals surface area contributed by atoms with Crippen LogP contribution in [0, 0.1) is 11.3 Å². The number of pyridine rings is 1. The highest BCUT2D eigenvalue weighted by Crippen LogP contribution is 2.22. The quantitative estimate of drug-likeness (QED) is 0.845. The van der Waals surface area contributed by atoms with Crippen molar-refractivity contribution in [1.29, 1.82) is 5.26 Å². The van der Waals surface area contributed by atoms with E-state index in [0.29, 0.717) is 0 Å². The van der Waals surface area contributed by atoms with Gasteiger partial charge < -0.3 is 5.32 Å². The van der Waals surface area contributed by atoms with Crippen molar-refractivity contribution in [3.8, 4) is 6.07 Å². The third-order valence-electron chi connectivity index (χ3n) is 3.19. The predicted molar refractivity (Wildman–Crippen MR) is 66.4 cm³/mol. The molecule has 90 valence electrons. The Balaban J connectivity index is 2.25. The van der Waals surface area contributed by atoms with Gasteiger partial charge in [0.2, 0.25) is 0 Å². The summed E-state index contributed by atoms with van der Waals surface area (Å²) < 4.78 is 0. The fourth-order valence-corrected chi connectivity index (χ4v) is 2.28. The molecule has 0 saturated carbocycles. The van der Waals surface area contributed by atoms with Gasteiger partial charge in [0, 0.05) is 43.6 Å². The van der Waals surface area contributed by atoms with Crippen LogP contribution >= 0.6 is 0 Å². The van der Waals surface area contributed by atoms with Crippen molar-refractivity contribution < 1.29 is 0 Å². The summed E-state index contributed by atoms with van der Waals surface area (Å²) in [5.41, 5.74) is 2.11. The Hall–Kier alpha value is -1.44. The Morgan fingerprint density at radius 2 is 2.29 bits per heavy atom. The molecule has 1 aromatic rings. The molecular formula is C13H18N4. The molecule has 0 radical (unpaired) electrons. The van der Waals surface area contributed by atoms with E-state index in [2.05, 4.69) is 28.2 Å². The second-order valence-corrected chi connectivity index (χ2v) is 4.21. The van der Waals surface area contributed by atoms with Gasteiger partial charge in [-0.3, -0.25) is 9.88 Å². The van der Waals surface area contributed by atoms with E-state index < -0.39 is 0 Å². The molecule has 0 aromatic carbocycles. The lowest BCUT2D eigenvalue weighted by Gasteiger charge is -2.31. The number of hydrogen-bond donors (Lipinski definition) is 1. The van der Waals surface area contributed by atoms with E-state index in [1.807, 2.05) is 12.1 Å². The van der Waals surface area contributed by atoms with Gasteiger partial charge in [0.15, 0.2) is 0 Å². The average Bonchev–Trinajstić information content (AvgIpc) is 2.41. The Kier molecular flexibility index (Phi) is 4.08. The van der Waals surface area contributed by atoms with Crippen molar-refractivity contribution in [2.75, 3.05) is 26.2 Å². The van der Waals surface area contributed by atoms with Gasteiger partial charge in [0.25, 0.3) is 0 Å². The molecule has 1 aliphatic rings. The molecule has 1 atom stereocenters. The fourth-order valence-electron chi connectivity index (χ4n) is 2.28. The maximum atomic E-state index is 9.41. The molecule has 0 amide bonds. The van der Waals surface area contributed by atoms with Gasteiger partial charge in [-0.2, -0.15) is 5.26 Å². The van der Waals surface area contributed by atoms with Crippen LogP contribution in [0.3, 0.4) is 0 Å². The van der Waals surface area contributed by atoms with Crippen molar-refractivity contribution in [2.45, 2.75) is 19.4 Å². The molecule has 1 fully saturated rings. The van der Waals surface area contributed by atoms with Crippen LogP contribution in [0.1, 0.15) is 24.2 Å². The molecule has 1 unspecified atom stereocenters. The summed E-state index contributed by atoms with van der Waals surface area (Å²) in [6, 6.07) is 6.22. The molecular weight excluding hydrogens is 212 g/mol. The van der Waals surface area contributed by atoms with Gasteiger partial charge in [-0.25, -0.2) is 0 Å². The number of nitrogens with zero attached hydrogens (tertiary/aromatic N) is 3. The summed E-state index contributed by atoms with van der Waals surface area (Å²) in [7, 11) is 0. The standard InChI is InChI=1S/C13H18N4/c1-2-12-11(4-3-5-16-12)13(10-14)17-8-6-15-7-9-17/h3-5,13,15H,2,6-9H2,1H3. The van der Waals surface area contributed by atoms with Gasteiger partial charge in [0.05, 0.1) is 6.07 Å². The molecule has 1 N–H and O–H groups in total. The maximum absolute atomic E-state index is 9.41. The van der Waals surface area contributed by atoms with Crippen LogP contribution in [-0.4, -0.2) is 36.1 Å². The van der Waals surface area contributed by atoms with Crippen LogP contribution < -0.4 is 5.32 Å². The summed E-state index contributed by atoms with van der Waals surface area (Å²) >= 11 is 0. The average molecular weight is 230 g/mol. The molecule has 17 heavy (non-hydrogen) atoms. The van der Waals surface area contributed by atoms with Gasteiger partial charge in [-0.1, -0.05) is 13.0 Å². The van der Waals surface area contributed by atoms with Crippen molar-refractivity contribution in [3.05, 3.63) is 29.6 Å². The zero-order chi connectivity index (χ0) is 12.1. The topological polar surface area (TPSA) is 52.0 Å². The molecule has 2 heterocycles. The molecule has 0 bridgehead atoms. The number of aryl methyl sites for hydroxylation is 1. The summed E-state index contributed by atoms with van der Waals surface area (Å²) in [6.07, 6.45) is 2.68. The van der Waals surface area contributed by atoms with E-state index in [4.69, 9.17) is 0 Å². The minimum absolute atomic E-state index is 0.152. The van der Waals surface area contributed by atoms with Crippen molar-refractivity contribution in [1.82, 2.24) is 15.2 Å². The normalized spacial score (nSPS) is 18.6. The lowest BCUT2D eigenvalue weighted by molar-refractivity contribution is 0.206. The number of rotatable bonds is 3. The number of aromatic nitrogens is 1. The number of nitrogens with one attached hydrogen (secondary N) is 1. The number of hydrogen-bond acceptors (Lipinski definition) is 4. The Bertz CT molecular complexity index is 404.